The number of aliphatic hydroxyl groups is 1. The average Bonchev–Trinajstić information content (AvgIpc) is 2.50. The second-order valence-corrected chi connectivity index (χ2v) is 6.04. The van der Waals surface area contributed by atoms with Crippen LogP contribution in [0.4, 0.5) is 5.69 Å². The lowest BCUT2D eigenvalue weighted by molar-refractivity contribution is 0.143. The normalized spacial score (nSPS) is 18.3. The quantitative estimate of drug-likeness (QED) is 0.774. The third kappa shape index (κ3) is 8.08. The van der Waals surface area contributed by atoms with Gasteiger partial charge in [-0.1, -0.05) is 50.3 Å². The first-order chi connectivity index (χ1) is 10.1. The first kappa shape index (κ1) is 18.0. The van der Waals surface area contributed by atoms with Crippen molar-refractivity contribution >= 4 is 5.69 Å². The number of anilines is 1. The standard InChI is InChI=1S/C10H21NO.C8H11N/c1-8(12)10(11)7-9-5-3-2-4-6-9;1-2-9-8-6-4-3-5-7-8/h8-10,12H,2-7,11H2,1H3;3-7,9H,2H2,1H3. The zero-order valence-electron chi connectivity index (χ0n) is 13.6. The first-order valence-electron chi connectivity index (χ1n) is 8.36. The Morgan fingerprint density at radius 2 is 1.81 bits per heavy atom. The van der Waals surface area contributed by atoms with Crippen LogP contribution in [0, 0.1) is 5.92 Å². The lowest BCUT2D eigenvalue weighted by Gasteiger charge is -2.25. The topological polar surface area (TPSA) is 58.3 Å². The van der Waals surface area contributed by atoms with Gasteiger partial charge in [0.15, 0.2) is 0 Å². The van der Waals surface area contributed by atoms with Gasteiger partial charge in [0.05, 0.1) is 6.10 Å². The Kier molecular flexibility index (Phi) is 9.11. The van der Waals surface area contributed by atoms with E-state index in [1.54, 1.807) is 6.92 Å². The highest BCUT2D eigenvalue weighted by molar-refractivity contribution is 5.41. The van der Waals surface area contributed by atoms with Gasteiger partial charge in [-0.2, -0.15) is 0 Å². The summed E-state index contributed by atoms with van der Waals surface area (Å²) < 4.78 is 0. The zero-order valence-corrected chi connectivity index (χ0v) is 13.6. The van der Waals surface area contributed by atoms with Crippen molar-refractivity contribution < 1.29 is 5.11 Å². The second-order valence-electron chi connectivity index (χ2n) is 6.04. The summed E-state index contributed by atoms with van der Waals surface area (Å²) in [6.45, 7) is 4.87. The zero-order chi connectivity index (χ0) is 15.5. The molecule has 1 aromatic rings. The predicted octanol–water partition coefficient (Wildman–Crippen LogP) is 3.78. The number of nitrogens with two attached hydrogens (primary N) is 1. The van der Waals surface area contributed by atoms with Crippen molar-refractivity contribution in [1.82, 2.24) is 0 Å². The average molecular weight is 292 g/mol. The van der Waals surface area contributed by atoms with Gasteiger partial charge in [-0.3, -0.25) is 0 Å². The maximum Gasteiger partial charge on any atom is 0.0663 e. The van der Waals surface area contributed by atoms with Gasteiger partial charge in [-0.15, -0.1) is 0 Å². The Morgan fingerprint density at radius 1 is 1.19 bits per heavy atom. The Bertz CT molecular complexity index is 347. The fourth-order valence-electron chi connectivity index (χ4n) is 2.76. The third-order valence-electron chi connectivity index (χ3n) is 4.10. The van der Waals surface area contributed by atoms with Crippen LogP contribution in [-0.2, 0) is 0 Å². The summed E-state index contributed by atoms with van der Waals surface area (Å²) in [5, 5.41) is 12.4. The Balaban J connectivity index is 0.000000219. The Labute approximate surface area is 129 Å². The van der Waals surface area contributed by atoms with E-state index in [0.717, 1.165) is 18.9 Å². The molecule has 2 atom stereocenters. The maximum absolute atomic E-state index is 9.23. The molecule has 1 aromatic carbocycles. The highest BCUT2D eigenvalue weighted by atomic mass is 16.3. The number of rotatable bonds is 5. The van der Waals surface area contributed by atoms with Gasteiger partial charge in [0, 0.05) is 18.3 Å². The Morgan fingerprint density at radius 3 is 2.33 bits per heavy atom. The minimum atomic E-state index is -0.341. The van der Waals surface area contributed by atoms with E-state index in [1.165, 1.54) is 37.8 Å². The van der Waals surface area contributed by atoms with Gasteiger partial charge in [-0.25, -0.2) is 0 Å². The van der Waals surface area contributed by atoms with Crippen LogP contribution in [0.1, 0.15) is 52.4 Å². The maximum atomic E-state index is 9.23. The predicted molar refractivity (Wildman–Crippen MR) is 91.5 cm³/mol. The Hall–Kier alpha value is -1.06. The van der Waals surface area contributed by atoms with Crippen molar-refractivity contribution in [2.24, 2.45) is 11.7 Å². The van der Waals surface area contributed by atoms with Gasteiger partial charge < -0.3 is 16.2 Å². The van der Waals surface area contributed by atoms with Crippen LogP contribution in [-0.4, -0.2) is 23.8 Å². The fourth-order valence-corrected chi connectivity index (χ4v) is 2.76. The first-order valence-corrected chi connectivity index (χ1v) is 8.36. The van der Waals surface area contributed by atoms with Gasteiger partial charge in [0.2, 0.25) is 0 Å². The lowest BCUT2D eigenvalue weighted by Crippen LogP contribution is -2.34. The molecule has 0 radical (unpaired) electrons. The lowest BCUT2D eigenvalue weighted by atomic mass is 9.84. The molecule has 2 unspecified atom stereocenters. The summed E-state index contributed by atoms with van der Waals surface area (Å²) in [6.07, 6.45) is 7.42. The van der Waals surface area contributed by atoms with Crippen LogP contribution in [0.25, 0.3) is 0 Å². The number of nitrogens with one attached hydrogen (secondary N) is 1. The smallest absolute Gasteiger partial charge is 0.0663 e. The minimum Gasteiger partial charge on any atom is -0.392 e. The molecule has 1 aliphatic carbocycles. The van der Waals surface area contributed by atoms with Crippen molar-refractivity contribution in [2.75, 3.05) is 11.9 Å². The van der Waals surface area contributed by atoms with Crippen molar-refractivity contribution in [3.63, 3.8) is 0 Å². The van der Waals surface area contributed by atoms with E-state index in [4.69, 9.17) is 5.73 Å². The van der Waals surface area contributed by atoms with Crippen LogP contribution in [0.2, 0.25) is 0 Å². The number of benzene rings is 1. The van der Waals surface area contributed by atoms with Gasteiger partial charge >= 0.3 is 0 Å². The minimum absolute atomic E-state index is 0.00639. The molecular formula is C18H32N2O. The van der Waals surface area contributed by atoms with Crippen molar-refractivity contribution in [2.45, 2.75) is 64.5 Å². The monoisotopic (exact) mass is 292 g/mol. The molecule has 0 saturated heterocycles. The van der Waals surface area contributed by atoms with Crippen molar-refractivity contribution in [3.8, 4) is 0 Å². The van der Waals surface area contributed by atoms with Crippen LogP contribution in [0.5, 0.6) is 0 Å². The molecule has 0 aromatic heterocycles. The molecule has 3 heteroatoms. The molecule has 1 saturated carbocycles. The number of hydrogen-bond acceptors (Lipinski definition) is 3. The summed E-state index contributed by atoms with van der Waals surface area (Å²) in [5.41, 5.74) is 6.99. The molecule has 0 bridgehead atoms. The molecule has 1 fully saturated rings. The fraction of sp³-hybridized carbons (Fsp3) is 0.667. The number of hydrogen-bond donors (Lipinski definition) is 3. The van der Waals surface area contributed by atoms with Gasteiger partial charge in [-0.05, 0) is 38.3 Å². The van der Waals surface area contributed by atoms with E-state index >= 15 is 0 Å². The summed E-state index contributed by atoms with van der Waals surface area (Å²) in [4.78, 5) is 0. The summed E-state index contributed by atoms with van der Waals surface area (Å²) in [5.74, 6) is 0.781. The molecule has 1 aliphatic rings. The molecule has 0 amide bonds. The van der Waals surface area contributed by atoms with Crippen LogP contribution in [0.15, 0.2) is 30.3 Å². The molecular weight excluding hydrogens is 260 g/mol. The van der Waals surface area contributed by atoms with E-state index in [0.29, 0.717) is 0 Å². The van der Waals surface area contributed by atoms with Crippen LogP contribution < -0.4 is 11.1 Å². The van der Waals surface area contributed by atoms with E-state index in [2.05, 4.69) is 24.4 Å². The third-order valence-corrected chi connectivity index (χ3v) is 4.10. The molecule has 2 rings (SSSR count). The largest absolute Gasteiger partial charge is 0.392 e. The number of aliphatic hydroxyl groups excluding tert-OH is 1. The van der Waals surface area contributed by atoms with Crippen molar-refractivity contribution in [3.05, 3.63) is 30.3 Å². The van der Waals surface area contributed by atoms with Crippen molar-refractivity contribution in [1.29, 1.82) is 0 Å². The van der Waals surface area contributed by atoms with E-state index in [9.17, 15) is 5.11 Å². The van der Waals surface area contributed by atoms with Crippen LogP contribution >= 0.6 is 0 Å². The molecule has 120 valence electrons. The van der Waals surface area contributed by atoms with E-state index < -0.39 is 0 Å². The highest BCUT2D eigenvalue weighted by Gasteiger charge is 2.18. The van der Waals surface area contributed by atoms with E-state index in [-0.39, 0.29) is 12.1 Å². The summed E-state index contributed by atoms with van der Waals surface area (Å²) >= 11 is 0. The number of para-hydroxylation sites is 1. The molecule has 3 nitrogen and oxygen atoms in total. The van der Waals surface area contributed by atoms with Gasteiger partial charge in [0.25, 0.3) is 0 Å². The molecule has 0 spiro atoms. The summed E-state index contributed by atoms with van der Waals surface area (Å²) in [6, 6.07) is 10.2. The van der Waals surface area contributed by atoms with Gasteiger partial charge in [0.1, 0.15) is 0 Å². The summed E-state index contributed by atoms with van der Waals surface area (Å²) in [7, 11) is 0. The second kappa shape index (κ2) is 10.6. The molecule has 0 aliphatic heterocycles. The molecule has 4 N–H and O–H groups in total. The molecule has 0 heterocycles. The van der Waals surface area contributed by atoms with Crippen LogP contribution in [0.3, 0.4) is 0 Å². The van der Waals surface area contributed by atoms with E-state index in [1.807, 2.05) is 18.2 Å². The highest BCUT2D eigenvalue weighted by Crippen LogP contribution is 2.27. The molecule has 21 heavy (non-hydrogen) atoms. The SMILES string of the molecule is CC(O)C(N)CC1CCCCC1.CCNc1ccccc1.